The number of hydrogen-bond donors (Lipinski definition) is 2. The normalized spacial score (nSPS) is 13.7. The van der Waals surface area contributed by atoms with Crippen LogP contribution in [-0.2, 0) is 16.0 Å². The van der Waals surface area contributed by atoms with Crippen molar-refractivity contribution in [3.8, 4) is 0 Å². The number of carbonyl (C=O) groups excluding carboxylic acids is 3. The Kier molecular flexibility index (Phi) is 9.07. The third kappa shape index (κ3) is 7.28. The van der Waals surface area contributed by atoms with Gasteiger partial charge < -0.3 is 15.5 Å². The van der Waals surface area contributed by atoms with Gasteiger partial charge in [0.25, 0.3) is 5.91 Å². The number of likely N-dealkylation sites (tertiary alicyclic amines) is 1. The van der Waals surface area contributed by atoms with E-state index in [1.807, 2.05) is 36.9 Å². The van der Waals surface area contributed by atoms with Crippen molar-refractivity contribution in [1.29, 1.82) is 0 Å². The molecule has 0 atom stereocenters. The molecule has 3 aromatic rings. The summed E-state index contributed by atoms with van der Waals surface area (Å²) in [4.78, 5) is 39.2. The van der Waals surface area contributed by atoms with Crippen LogP contribution in [0.5, 0.6) is 0 Å². The molecule has 204 valence electrons. The summed E-state index contributed by atoms with van der Waals surface area (Å²) >= 11 is 0. The quantitative estimate of drug-likeness (QED) is 0.361. The Bertz CT molecular complexity index is 1350. The van der Waals surface area contributed by atoms with E-state index in [0.29, 0.717) is 30.8 Å². The van der Waals surface area contributed by atoms with Crippen LogP contribution in [0.25, 0.3) is 0 Å². The minimum absolute atomic E-state index is 0.00951. The molecule has 39 heavy (non-hydrogen) atoms. The maximum absolute atomic E-state index is 13.8. The van der Waals surface area contributed by atoms with Gasteiger partial charge in [0.05, 0.1) is 6.42 Å². The van der Waals surface area contributed by atoms with Gasteiger partial charge in [0.15, 0.2) is 0 Å². The SMILES string of the molecule is CCCC(=O)Nc1ccc(C(=O)N2CCC(c3ccc(NC(=O)Cc4cc(F)ccc4F)cc3)CC2)cc1C. The van der Waals surface area contributed by atoms with Crippen LogP contribution in [0.1, 0.15) is 65.6 Å². The van der Waals surface area contributed by atoms with Gasteiger partial charge >= 0.3 is 0 Å². The minimum atomic E-state index is -0.616. The molecule has 8 heteroatoms. The van der Waals surface area contributed by atoms with E-state index in [-0.39, 0.29) is 29.7 Å². The van der Waals surface area contributed by atoms with Crippen molar-refractivity contribution in [2.24, 2.45) is 0 Å². The molecular formula is C31H33F2N3O3. The van der Waals surface area contributed by atoms with E-state index in [4.69, 9.17) is 0 Å². The summed E-state index contributed by atoms with van der Waals surface area (Å²) in [5, 5.41) is 5.62. The van der Waals surface area contributed by atoms with E-state index < -0.39 is 17.5 Å². The molecule has 3 amide bonds. The first-order valence-corrected chi connectivity index (χ1v) is 13.3. The standard InChI is InChI=1S/C31H33F2N3O3/c1-3-4-29(37)35-28-12-7-23(17-20(28)2)31(39)36-15-13-22(14-16-36)21-5-9-26(10-6-21)34-30(38)19-24-18-25(32)8-11-27(24)33/h5-12,17-18,22H,3-4,13-16,19H2,1-2H3,(H,34,38)(H,35,37). The van der Waals surface area contributed by atoms with Crippen LogP contribution < -0.4 is 10.6 Å². The van der Waals surface area contributed by atoms with Gasteiger partial charge in [0.1, 0.15) is 11.6 Å². The fourth-order valence-electron chi connectivity index (χ4n) is 4.87. The lowest BCUT2D eigenvalue weighted by Crippen LogP contribution is -2.38. The second-order valence-electron chi connectivity index (χ2n) is 9.98. The largest absolute Gasteiger partial charge is 0.339 e. The summed E-state index contributed by atoms with van der Waals surface area (Å²) in [7, 11) is 0. The lowest BCUT2D eigenvalue weighted by atomic mass is 9.89. The molecule has 2 N–H and O–H groups in total. The molecule has 0 unspecified atom stereocenters. The van der Waals surface area contributed by atoms with Gasteiger partial charge in [-0.2, -0.15) is 0 Å². The van der Waals surface area contributed by atoms with Crippen LogP contribution in [-0.4, -0.2) is 35.7 Å². The van der Waals surface area contributed by atoms with Gasteiger partial charge in [-0.05, 0) is 91.8 Å². The number of nitrogens with zero attached hydrogens (tertiary/aromatic N) is 1. The number of anilines is 2. The highest BCUT2D eigenvalue weighted by Gasteiger charge is 2.25. The average Bonchev–Trinajstić information content (AvgIpc) is 2.92. The molecule has 1 fully saturated rings. The first kappa shape index (κ1) is 28.0. The topological polar surface area (TPSA) is 78.5 Å². The molecule has 3 aromatic carbocycles. The van der Waals surface area contributed by atoms with Crippen LogP contribution in [0.2, 0.25) is 0 Å². The summed E-state index contributed by atoms with van der Waals surface area (Å²) in [6.07, 6.45) is 2.62. The van der Waals surface area contributed by atoms with Gasteiger partial charge in [-0.15, -0.1) is 0 Å². The van der Waals surface area contributed by atoms with E-state index in [1.54, 1.807) is 24.3 Å². The van der Waals surface area contributed by atoms with Crippen LogP contribution in [0, 0.1) is 18.6 Å². The van der Waals surface area contributed by atoms with Crippen molar-refractivity contribution in [2.45, 2.75) is 51.9 Å². The Hall–Kier alpha value is -4.07. The number of halogens is 2. The summed E-state index contributed by atoms with van der Waals surface area (Å²) < 4.78 is 27.2. The lowest BCUT2D eigenvalue weighted by molar-refractivity contribution is -0.116. The minimum Gasteiger partial charge on any atom is -0.339 e. The number of hydrogen-bond acceptors (Lipinski definition) is 3. The van der Waals surface area contributed by atoms with E-state index >= 15 is 0 Å². The van der Waals surface area contributed by atoms with Crippen LogP contribution in [0.3, 0.4) is 0 Å². The number of carbonyl (C=O) groups is 3. The maximum Gasteiger partial charge on any atom is 0.253 e. The maximum atomic E-state index is 13.8. The number of aryl methyl sites for hydroxylation is 1. The zero-order chi connectivity index (χ0) is 27.9. The second-order valence-corrected chi connectivity index (χ2v) is 9.98. The van der Waals surface area contributed by atoms with Gasteiger partial charge in [-0.3, -0.25) is 14.4 Å². The molecule has 1 aliphatic heterocycles. The third-order valence-corrected chi connectivity index (χ3v) is 7.03. The van der Waals surface area contributed by atoms with Gasteiger partial charge in [0, 0.05) is 42.0 Å². The molecule has 0 aliphatic carbocycles. The molecule has 1 aliphatic rings. The molecule has 1 heterocycles. The van der Waals surface area contributed by atoms with Crippen molar-refractivity contribution in [1.82, 2.24) is 4.90 Å². The van der Waals surface area contributed by atoms with Crippen LogP contribution in [0.4, 0.5) is 20.2 Å². The van der Waals surface area contributed by atoms with E-state index in [9.17, 15) is 23.2 Å². The van der Waals surface area contributed by atoms with E-state index in [2.05, 4.69) is 10.6 Å². The zero-order valence-electron chi connectivity index (χ0n) is 22.2. The molecule has 0 saturated carbocycles. The van der Waals surface area contributed by atoms with E-state index in [1.165, 1.54) is 0 Å². The summed E-state index contributed by atoms with van der Waals surface area (Å²) in [6.45, 7) is 5.11. The third-order valence-electron chi connectivity index (χ3n) is 7.03. The molecule has 0 spiro atoms. The lowest BCUT2D eigenvalue weighted by Gasteiger charge is -2.32. The Morgan fingerprint density at radius 1 is 0.897 bits per heavy atom. The fraction of sp³-hybridized carbons (Fsp3) is 0.323. The first-order chi connectivity index (χ1) is 18.7. The number of nitrogens with one attached hydrogen (secondary N) is 2. The number of benzene rings is 3. The summed E-state index contributed by atoms with van der Waals surface area (Å²) in [6, 6.07) is 15.9. The fourth-order valence-corrected chi connectivity index (χ4v) is 4.87. The highest BCUT2D eigenvalue weighted by Crippen LogP contribution is 2.30. The molecule has 0 bridgehead atoms. The second kappa shape index (κ2) is 12.7. The Labute approximate surface area is 227 Å². The number of rotatable bonds is 8. The molecule has 4 rings (SSSR count). The van der Waals surface area contributed by atoms with Crippen molar-refractivity contribution in [2.75, 3.05) is 23.7 Å². The molecular weight excluding hydrogens is 500 g/mol. The monoisotopic (exact) mass is 533 g/mol. The average molecular weight is 534 g/mol. The smallest absolute Gasteiger partial charge is 0.253 e. The van der Waals surface area contributed by atoms with Crippen LogP contribution >= 0.6 is 0 Å². The predicted octanol–water partition coefficient (Wildman–Crippen LogP) is 6.21. The highest BCUT2D eigenvalue weighted by molar-refractivity contribution is 5.96. The summed E-state index contributed by atoms with van der Waals surface area (Å²) in [5.74, 6) is -1.39. The van der Waals surface area contributed by atoms with Crippen molar-refractivity contribution < 1.29 is 23.2 Å². The molecule has 0 aromatic heterocycles. The zero-order valence-corrected chi connectivity index (χ0v) is 22.2. The highest BCUT2D eigenvalue weighted by atomic mass is 19.1. The summed E-state index contributed by atoms with van der Waals surface area (Å²) in [5.41, 5.74) is 3.91. The molecule has 0 radical (unpaired) electrons. The van der Waals surface area contributed by atoms with Gasteiger partial charge in [-0.25, -0.2) is 8.78 Å². The molecule has 6 nitrogen and oxygen atoms in total. The van der Waals surface area contributed by atoms with Gasteiger partial charge in [0.2, 0.25) is 11.8 Å². The van der Waals surface area contributed by atoms with E-state index in [0.717, 1.165) is 54.3 Å². The molecule has 1 saturated heterocycles. The number of piperidine rings is 1. The predicted molar refractivity (Wildman–Crippen MR) is 148 cm³/mol. The van der Waals surface area contributed by atoms with Crippen molar-refractivity contribution >= 4 is 29.1 Å². The Balaban J connectivity index is 1.29. The van der Waals surface area contributed by atoms with Gasteiger partial charge in [-0.1, -0.05) is 19.1 Å². The first-order valence-electron chi connectivity index (χ1n) is 13.3. The van der Waals surface area contributed by atoms with Crippen molar-refractivity contribution in [3.63, 3.8) is 0 Å². The van der Waals surface area contributed by atoms with Crippen LogP contribution in [0.15, 0.2) is 60.7 Å². The Morgan fingerprint density at radius 2 is 1.62 bits per heavy atom. The van der Waals surface area contributed by atoms with Crippen molar-refractivity contribution in [3.05, 3.63) is 94.6 Å². The Morgan fingerprint density at radius 3 is 2.28 bits per heavy atom. The number of amides is 3.